The van der Waals surface area contributed by atoms with E-state index in [9.17, 15) is 19.3 Å². The smallest absolute Gasteiger partial charge is 0.343 e. The normalized spacial score (nSPS) is 9.86. The Morgan fingerprint density at radius 2 is 2.14 bits per heavy atom. The van der Waals surface area contributed by atoms with E-state index < -0.39 is 28.0 Å². The number of benzene rings is 1. The average Bonchev–Trinajstić information content (AvgIpc) is 2.01. The SMILES string of the molecule is Cc1cc(F)cc([N+](=O)[O-])c1C(=O)O. The summed E-state index contributed by atoms with van der Waals surface area (Å²) in [7, 11) is 0. The summed E-state index contributed by atoms with van der Waals surface area (Å²) in [6.45, 7) is 1.31. The molecule has 0 radical (unpaired) electrons. The first kappa shape index (κ1) is 10.1. The molecule has 0 fully saturated rings. The molecule has 14 heavy (non-hydrogen) atoms. The minimum absolute atomic E-state index is 0.0317. The van der Waals surface area contributed by atoms with E-state index in [-0.39, 0.29) is 5.56 Å². The number of carboxylic acid groups (broad SMARTS) is 1. The minimum atomic E-state index is -1.44. The molecule has 0 aliphatic heterocycles. The van der Waals surface area contributed by atoms with Crippen LogP contribution < -0.4 is 0 Å². The molecule has 6 heteroatoms. The minimum Gasteiger partial charge on any atom is -0.477 e. The summed E-state index contributed by atoms with van der Waals surface area (Å²) in [5.41, 5.74) is -1.17. The van der Waals surface area contributed by atoms with E-state index >= 15 is 0 Å². The third-order valence-electron chi connectivity index (χ3n) is 1.69. The van der Waals surface area contributed by atoms with E-state index in [1.807, 2.05) is 0 Å². The highest BCUT2D eigenvalue weighted by Crippen LogP contribution is 2.23. The number of rotatable bonds is 2. The van der Waals surface area contributed by atoms with Crippen molar-refractivity contribution in [2.24, 2.45) is 0 Å². The van der Waals surface area contributed by atoms with Crippen LogP contribution in [0.1, 0.15) is 15.9 Å². The molecule has 0 saturated carbocycles. The van der Waals surface area contributed by atoms with Gasteiger partial charge in [-0.15, -0.1) is 0 Å². The van der Waals surface area contributed by atoms with Crippen LogP contribution in [0.15, 0.2) is 12.1 Å². The number of hydrogen-bond donors (Lipinski definition) is 1. The van der Waals surface area contributed by atoms with Crippen molar-refractivity contribution in [2.45, 2.75) is 6.92 Å². The van der Waals surface area contributed by atoms with Crippen molar-refractivity contribution in [1.82, 2.24) is 0 Å². The van der Waals surface area contributed by atoms with Crippen LogP contribution in [0, 0.1) is 22.9 Å². The molecule has 1 rings (SSSR count). The second-order valence-electron chi connectivity index (χ2n) is 2.68. The third kappa shape index (κ3) is 1.68. The Labute approximate surface area is 77.9 Å². The van der Waals surface area contributed by atoms with Crippen LogP contribution in [0.4, 0.5) is 10.1 Å². The molecule has 0 unspecified atom stereocenters. The largest absolute Gasteiger partial charge is 0.477 e. The van der Waals surface area contributed by atoms with E-state index in [1.54, 1.807) is 0 Å². The van der Waals surface area contributed by atoms with Crippen LogP contribution in [0.25, 0.3) is 0 Å². The van der Waals surface area contributed by atoms with Crippen LogP contribution in [-0.4, -0.2) is 16.0 Å². The molecule has 1 aromatic rings. The van der Waals surface area contributed by atoms with Gasteiger partial charge in [-0.05, 0) is 18.6 Å². The molecule has 74 valence electrons. The van der Waals surface area contributed by atoms with Crippen LogP contribution in [0.5, 0.6) is 0 Å². The number of carbonyl (C=O) groups is 1. The van der Waals surface area contributed by atoms with Gasteiger partial charge in [0.1, 0.15) is 11.4 Å². The van der Waals surface area contributed by atoms with Gasteiger partial charge in [-0.3, -0.25) is 10.1 Å². The van der Waals surface area contributed by atoms with Gasteiger partial charge in [-0.25, -0.2) is 9.18 Å². The molecule has 0 spiro atoms. The highest BCUT2D eigenvalue weighted by molar-refractivity contribution is 5.94. The zero-order chi connectivity index (χ0) is 10.9. The third-order valence-corrected chi connectivity index (χ3v) is 1.69. The summed E-state index contributed by atoms with van der Waals surface area (Å²) in [4.78, 5) is 20.1. The first-order chi connectivity index (χ1) is 6.43. The number of aryl methyl sites for hydroxylation is 1. The number of nitrogens with zero attached hydrogens (tertiary/aromatic N) is 1. The van der Waals surface area contributed by atoms with Crippen molar-refractivity contribution >= 4 is 11.7 Å². The zero-order valence-electron chi connectivity index (χ0n) is 7.15. The van der Waals surface area contributed by atoms with Gasteiger partial charge in [0.15, 0.2) is 0 Å². The standard InChI is InChI=1S/C8H6FNO4/c1-4-2-5(9)3-6(10(13)14)7(4)8(11)12/h2-3H,1H3,(H,11,12). The number of aromatic carboxylic acids is 1. The average molecular weight is 199 g/mol. The quantitative estimate of drug-likeness (QED) is 0.581. The molecule has 1 N–H and O–H groups in total. The van der Waals surface area contributed by atoms with Crippen molar-refractivity contribution in [1.29, 1.82) is 0 Å². The van der Waals surface area contributed by atoms with Gasteiger partial charge in [-0.1, -0.05) is 0 Å². The summed E-state index contributed by atoms with van der Waals surface area (Å²) < 4.78 is 12.7. The van der Waals surface area contributed by atoms with Gasteiger partial charge in [0.2, 0.25) is 0 Å². The zero-order valence-corrected chi connectivity index (χ0v) is 7.15. The summed E-state index contributed by atoms with van der Waals surface area (Å²) in [5.74, 6) is -2.26. The second kappa shape index (κ2) is 3.41. The van der Waals surface area contributed by atoms with E-state index in [0.717, 1.165) is 6.07 Å². The Bertz CT molecular complexity index is 416. The number of hydrogen-bond acceptors (Lipinski definition) is 3. The molecular formula is C8H6FNO4. The fourth-order valence-corrected chi connectivity index (χ4v) is 1.15. The molecule has 0 heterocycles. The number of carboxylic acids is 1. The van der Waals surface area contributed by atoms with Crippen molar-refractivity contribution in [3.8, 4) is 0 Å². The van der Waals surface area contributed by atoms with Crippen LogP contribution >= 0.6 is 0 Å². The highest BCUT2D eigenvalue weighted by Gasteiger charge is 2.23. The lowest BCUT2D eigenvalue weighted by atomic mass is 10.1. The first-order valence-electron chi connectivity index (χ1n) is 3.61. The van der Waals surface area contributed by atoms with Crippen LogP contribution in [0.2, 0.25) is 0 Å². The molecule has 0 bridgehead atoms. The van der Waals surface area contributed by atoms with E-state index in [2.05, 4.69) is 0 Å². The molecule has 0 amide bonds. The Hall–Kier alpha value is -1.98. The molecule has 0 atom stereocenters. The van der Waals surface area contributed by atoms with Crippen molar-refractivity contribution in [2.75, 3.05) is 0 Å². The van der Waals surface area contributed by atoms with Gasteiger partial charge in [-0.2, -0.15) is 0 Å². The summed E-state index contributed by atoms with van der Waals surface area (Å²) in [6, 6.07) is 1.53. The predicted octanol–water partition coefficient (Wildman–Crippen LogP) is 1.74. The fourth-order valence-electron chi connectivity index (χ4n) is 1.15. The Morgan fingerprint density at radius 3 is 2.57 bits per heavy atom. The lowest BCUT2D eigenvalue weighted by Gasteiger charge is -2.01. The summed E-state index contributed by atoms with van der Waals surface area (Å²) >= 11 is 0. The molecule has 0 saturated heterocycles. The fraction of sp³-hybridized carbons (Fsp3) is 0.125. The Balaban J connectivity index is 3.52. The van der Waals surface area contributed by atoms with E-state index in [1.165, 1.54) is 6.92 Å². The maximum atomic E-state index is 12.7. The molecule has 1 aromatic carbocycles. The van der Waals surface area contributed by atoms with Gasteiger partial charge in [0.25, 0.3) is 5.69 Å². The van der Waals surface area contributed by atoms with Crippen molar-refractivity contribution in [3.05, 3.63) is 39.2 Å². The van der Waals surface area contributed by atoms with Crippen molar-refractivity contribution < 1.29 is 19.2 Å². The summed E-state index contributed by atoms with van der Waals surface area (Å²) in [5, 5.41) is 19.1. The maximum Gasteiger partial charge on any atom is 0.343 e. The maximum absolute atomic E-state index is 12.7. The van der Waals surface area contributed by atoms with E-state index in [0.29, 0.717) is 6.07 Å². The Kier molecular flexibility index (Phi) is 2.46. The summed E-state index contributed by atoms with van der Waals surface area (Å²) in [6.07, 6.45) is 0. The Morgan fingerprint density at radius 1 is 1.57 bits per heavy atom. The highest BCUT2D eigenvalue weighted by atomic mass is 19.1. The monoisotopic (exact) mass is 199 g/mol. The second-order valence-corrected chi connectivity index (χ2v) is 2.68. The van der Waals surface area contributed by atoms with Gasteiger partial charge < -0.3 is 5.11 Å². The molecular weight excluding hydrogens is 193 g/mol. The van der Waals surface area contributed by atoms with Gasteiger partial charge in [0.05, 0.1) is 11.0 Å². The van der Waals surface area contributed by atoms with Crippen molar-refractivity contribution in [3.63, 3.8) is 0 Å². The van der Waals surface area contributed by atoms with Crippen LogP contribution in [0.3, 0.4) is 0 Å². The predicted molar refractivity (Wildman–Crippen MR) is 44.8 cm³/mol. The van der Waals surface area contributed by atoms with Gasteiger partial charge in [0, 0.05) is 0 Å². The molecule has 0 aromatic heterocycles. The first-order valence-corrected chi connectivity index (χ1v) is 3.61. The number of halogens is 1. The molecule has 0 aliphatic carbocycles. The number of nitro groups is 1. The topological polar surface area (TPSA) is 80.4 Å². The molecule has 5 nitrogen and oxygen atoms in total. The molecule has 0 aliphatic rings. The van der Waals surface area contributed by atoms with E-state index in [4.69, 9.17) is 5.11 Å². The van der Waals surface area contributed by atoms with Gasteiger partial charge >= 0.3 is 5.97 Å². The lowest BCUT2D eigenvalue weighted by molar-refractivity contribution is -0.385. The lowest BCUT2D eigenvalue weighted by Crippen LogP contribution is -2.05. The van der Waals surface area contributed by atoms with Crippen LogP contribution in [-0.2, 0) is 0 Å². The number of nitro benzene ring substituents is 1.